The Morgan fingerprint density at radius 1 is 1.42 bits per heavy atom. The van der Waals surface area contributed by atoms with Gasteiger partial charge < -0.3 is 4.74 Å². The molecule has 0 amide bonds. The standard InChI is InChI=1S/C7H16O4S/c1-4-5-10-7(2)6-11-12(3,8)9/h7H,4-6H2,1-3H3. The number of rotatable bonds is 6. The van der Waals surface area contributed by atoms with Gasteiger partial charge in [0.15, 0.2) is 0 Å². The average molecular weight is 196 g/mol. The molecule has 0 saturated carbocycles. The highest BCUT2D eigenvalue weighted by Gasteiger charge is 2.06. The van der Waals surface area contributed by atoms with Crippen LogP contribution in [-0.4, -0.2) is 34.0 Å². The van der Waals surface area contributed by atoms with Crippen molar-refractivity contribution in [1.82, 2.24) is 0 Å². The van der Waals surface area contributed by atoms with E-state index < -0.39 is 10.1 Å². The van der Waals surface area contributed by atoms with Gasteiger partial charge in [-0.2, -0.15) is 8.42 Å². The van der Waals surface area contributed by atoms with Gasteiger partial charge in [-0.1, -0.05) is 6.92 Å². The lowest BCUT2D eigenvalue weighted by atomic mass is 10.4. The molecular formula is C7H16O4S. The summed E-state index contributed by atoms with van der Waals surface area (Å²) < 4.78 is 30.8. The molecule has 1 atom stereocenters. The Kier molecular flexibility index (Phi) is 5.44. The van der Waals surface area contributed by atoms with Crippen LogP contribution in [-0.2, 0) is 19.0 Å². The van der Waals surface area contributed by atoms with Gasteiger partial charge in [-0.25, -0.2) is 0 Å². The monoisotopic (exact) mass is 196 g/mol. The normalized spacial score (nSPS) is 14.6. The van der Waals surface area contributed by atoms with Crippen molar-refractivity contribution < 1.29 is 17.3 Å². The Balaban J connectivity index is 3.51. The molecule has 0 radical (unpaired) electrons. The molecule has 0 heterocycles. The molecule has 0 aromatic carbocycles. The first kappa shape index (κ1) is 11.9. The quantitative estimate of drug-likeness (QED) is 0.589. The fraction of sp³-hybridized carbons (Fsp3) is 1.00. The second-order valence-corrected chi connectivity index (χ2v) is 4.31. The Morgan fingerprint density at radius 3 is 2.42 bits per heavy atom. The summed E-state index contributed by atoms with van der Waals surface area (Å²) in [5.41, 5.74) is 0. The second-order valence-electron chi connectivity index (χ2n) is 2.67. The van der Waals surface area contributed by atoms with Crippen LogP contribution in [0.5, 0.6) is 0 Å². The Labute approximate surface area is 74.0 Å². The van der Waals surface area contributed by atoms with Crippen molar-refractivity contribution in [3.63, 3.8) is 0 Å². The molecule has 0 bridgehead atoms. The molecule has 1 unspecified atom stereocenters. The van der Waals surface area contributed by atoms with Crippen molar-refractivity contribution in [2.24, 2.45) is 0 Å². The van der Waals surface area contributed by atoms with Crippen LogP contribution >= 0.6 is 0 Å². The predicted octanol–water partition coefficient (Wildman–Crippen LogP) is 0.778. The molecule has 0 rings (SSSR count). The van der Waals surface area contributed by atoms with Gasteiger partial charge in [0.1, 0.15) is 0 Å². The zero-order chi connectivity index (χ0) is 9.61. The minimum absolute atomic E-state index is 0.0961. The van der Waals surface area contributed by atoms with E-state index in [4.69, 9.17) is 4.74 Å². The molecule has 0 aliphatic heterocycles. The van der Waals surface area contributed by atoms with E-state index in [-0.39, 0.29) is 12.7 Å². The fourth-order valence-corrected chi connectivity index (χ4v) is 1.03. The third-order valence-corrected chi connectivity index (χ3v) is 1.69. The first-order chi connectivity index (χ1) is 5.45. The van der Waals surface area contributed by atoms with Gasteiger partial charge >= 0.3 is 0 Å². The van der Waals surface area contributed by atoms with E-state index in [1.807, 2.05) is 6.92 Å². The fourth-order valence-electron chi connectivity index (χ4n) is 0.587. The van der Waals surface area contributed by atoms with Gasteiger partial charge in [-0.15, -0.1) is 0 Å². The maximum atomic E-state index is 10.5. The smallest absolute Gasteiger partial charge is 0.264 e. The van der Waals surface area contributed by atoms with Crippen LogP contribution in [0.1, 0.15) is 20.3 Å². The molecule has 0 saturated heterocycles. The Bertz CT molecular complexity index is 197. The topological polar surface area (TPSA) is 52.6 Å². The minimum atomic E-state index is -3.32. The zero-order valence-corrected chi connectivity index (χ0v) is 8.56. The average Bonchev–Trinajstić information content (AvgIpc) is 1.95. The minimum Gasteiger partial charge on any atom is -0.376 e. The van der Waals surface area contributed by atoms with Crippen molar-refractivity contribution in [2.45, 2.75) is 26.4 Å². The van der Waals surface area contributed by atoms with Gasteiger partial charge in [0.05, 0.1) is 19.0 Å². The summed E-state index contributed by atoms with van der Waals surface area (Å²) in [7, 11) is -3.32. The second kappa shape index (κ2) is 5.50. The van der Waals surface area contributed by atoms with E-state index in [0.717, 1.165) is 12.7 Å². The summed E-state index contributed by atoms with van der Waals surface area (Å²) in [4.78, 5) is 0. The third-order valence-electron chi connectivity index (χ3n) is 1.12. The van der Waals surface area contributed by atoms with E-state index >= 15 is 0 Å². The Hall–Kier alpha value is -0.130. The number of ether oxygens (including phenoxy) is 1. The van der Waals surface area contributed by atoms with Gasteiger partial charge in [-0.05, 0) is 13.3 Å². The molecule has 12 heavy (non-hydrogen) atoms. The third kappa shape index (κ3) is 7.97. The summed E-state index contributed by atoms with van der Waals surface area (Å²) in [5, 5.41) is 0. The van der Waals surface area contributed by atoms with Crippen LogP contribution in [0.2, 0.25) is 0 Å². The molecular weight excluding hydrogens is 180 g/mol. The molecule has 0 aromatic rings. The van der Waals surface area contributed by atoms with Crippen molar-refractivity contribution in [1.29, 1.82) is 0 Å². The van der Waals surface area contributed by atoms with Crippen LogP contribution in [0.25, 0.3) is 0 Å². The maximum Gasteiger partial charge on any atom is 0.264 e. The lowest BCUT2D eigenvalue weighted by Crippen LogP contribution is -2.18. The molecule has 0 N–H and O–H groups in total. The van der Waals surface area contributed by atoms with Gasteiger partial charge in [-0.3, -0.25) is 4.18 Å². The lowest BCUT2D eigenvalue weighted by molar-refractivity contribution is 0.0346. The van der Waals surface area contributed by atoms with Gasteiger partial charge in [0.2, 0.25) is 0 Å². The van der Waals surface area contributed by atoms with Crippen molar-refractivity contribution in [3.05, 3.63) is 0 Å². The molecule has 0 aliphatic carbocycles. The molecule has 0 fully saturated rings. The molecule has 74 valence electrons. The van der Waals surface area contributed by atoms with E-state index in [0.29, 0.717) is 6.61 Å². The number of hydrogen-bond donors (Lipinski definition) is 0. The van der Waals surface area contributed by atoms with Crippen LogP contribution in [0, 0.1) is 0 Å². The molecule has 0 aliphatic rings. The largest absolute Gasteiger partial charge is 0.376 e. The highest BCUT2D eigenvalue weighted by molar-refractivity contribution is 7.85. The van der Waals surface area contributed by atoms with E-state index in [1.165, 1.54) is 0 Å². The molecule has 5 heteroatoms. The summed E-state index contributed by atoms with van der Waals surface area (Å²) in [6.07, 6.45) is 1.78. The van der Waals surface area contributed by atoms with E-state index in [2.05, 4.69) is 4.18 Å². The first-order valence-electron chi connectivity index (χ1n) is 3.91. The van der Waals surface area contributed by atoms with Crippen molar-refractivity contribution in [2.75, 3.05) is 19.5 Å². The van der Waals surface area contributed by atoms with Crippen LogP contribution in [0.4, 0.5) is 0 Å². The molecule has 0 spiro atoms. The van der Waals surface area contributed by atoms with Crippen molar-refractivity contribution in [3.8, 4) is 0 Å². The summed E-state index contributed by atoms with van der Waals surface area (Å²) >= 11 is 0. The SMILES string of the molecule is CCCOC(C)COS(C)(=O)=O. The van der Waals surface area contributed by atoms with Crippen LogP contribution in [0.3, 0.4) is 0 Å². The van der Waals surface area contributed by atoms with Gasteiger partial charge in [0, 0.05) is 6.61 Å². The summed E-state index contributed by atoms with van der Waals surface area (Å²) in [5.74, 6) is 0. The lowest BCUT2D eigenvalue weighted by Gasteiger charge is -2.10. The highest BCUT2D eigenvalue weighted by atomic mass is 32.2. The molecule has 4 nitrogen and oxygen atoms in total. The maximum absolute atomic E-state index is 10.5. The number of hydrogen-bond acceptors (Lipinski definition) is 4. The first-order valence-corrected chi connectivity index (χ1v) is 5.73. The van der Waals surface area contributed by atoms with Gasteiger partial charge in [0.25, 0.3) is 10.1 Å². The predicted molar refractivity (Wildman–Crippen MR) is 46.5 cm³/mol. The summed E-state index contributed by atoms with van der Waals surface area (Å²) in [6, 6.07) is 0. The summed E-state index contributed by atoms with van der Waals surface area (Å²) in [6.45, 7) is 4.50. The zero-order valence-electron chi connectivity index (χ0n) is 7.74. The van der Waals surface area contributed by atoms with Crippen LogP contribution in [0.15, 0.2) is 0 Å². The molecule has 0 aromatic heterocycles. The van der Waals surface area contributed by atoms with Crippen molar-refractivity contribution >= 4 is 10.1 Å². The van der Waals surface area contributed by atoms with Crippen LogP contribution < -0.4 is 0 Å². The van der Waals surface area contributed by atoms with E-state index in [1.54, 1.807) is 6.92 Å². The Morgan fingerprint density at radius 2 is 2.00 bits per heavy atom. The van der Waals surface area contributed by atoms with E-state index in [9.17, 15) is 8.42 Å². The highest BCUT2D eigenvalue weighted by Crippen LogP contribution is 1.96.